The van der Waals surface area contributed by atoms with Gasteiger partial charge in [-0.2, -0.15) is 5.10 Å². The Morgan fingerprint density at radius 2 is 2.35 bits per heavy atom. The van der Waals surface area contributed by atoms with E-state index in [1.54, 1.807) is 18.2 Å². The summed E-state index contributed by atoms with van der Waals surface area (Å²) < 4.78 is 5.23. The summed E-state index contributed by atoms with van der Waals surface area (Å²) in [5, 5.41) is 7.44. The fraction of sp³-hybridized carbons (Fsp3) is 0.333. The van der Waals surface area contributed by atoms with Crippen LogP contribution in [0.25, 0.3) is 10.9 Å². The van der Waals surface area contributed by atoms with Gasteiger partial charge in [0.15, 0.2) is 5.69 Å². The topological polar surface area (TPSA) is 81.0 Å². The van der Waals surface area contributed by atoms with Crippen LogP contribution in [0.5, 0.6) is 0 Å². The number of ether oxygens (including phenoxy) is 1. The first-order chi connectivity index (χ1) is 8.11. The highest BCUT2D eigenvalue weighted by Crippen LogP contribution is 2.20. The Hall–Kier alpha value is -2.04. The van der Waals surface area contributed by atoms with Crippen molar-refractivity contribution in [3.8, 4) is 0 Å². The molecular formula is C12H15N3O2. The van der Waals surface area contributed by atoms with Crippen molar-refractivity contribution in [2.45, 2.75) is 26.4 Å². The van der Waals surface area contributed by atoms with E-state index in [1.165, 1.54) is 0 Å². The Bertz CT molecular complexity index is 548. The van der Waals surface area contributed by atoms with Crippen molar-refractivity contribution in [1.82, 2.24) is 10.2 Å². The van der Waals surface area contributed by atoms with Gasteiger partial charge < -0.3 is 10.5 Å². The zero-order chi connectivity index (χ0) is 12.4. The van der Waals surface area contributed by atoms with Crippen molar-refractivity contribution in [2.75, 3.05) is 5.73 Å². The van der Waals surface area contributed by atoms with E-state index in [0.29, 0.717) is 11.1 Å². The second kappa shape index (κ2) is 4.45. The Kier molecular flexibility index (Phi) is 2.99. The molecule has 1 heterocycles. The van der Waals surface area contributed by atoms with Crippen molar-refractivity contribution in [2.24, 2.45) is 0 Å². The quantitative estimate of drug-likeness (QED) is 0.628. The van der Waals surface area contributed by atoms with Crippen LogP contribution < -0.4 is 5.73 Å². The summed E-state index contributed by atoms with van der Waals surface area (Å²) >= 11 is 0. The number of carbonyl (C=O) groups excluding carboxylic acids is 1. The molecule has 5 nitrogen and oxygen atoms in total. The number of aromatic nitrogens is 2. The Morgan fingerprint density at radius 3 is 3.06 bits per heavy atom. The molecule has 0 fully saturated rings. The van der Waals surface area contributed by atoms with Crippen LogP contribution in [0, 0.1) is 0 Å². The lowest BCUT2D eigenvalue weighted by atomic mass is 10.2. The number of anilines is 1. The lowest BCUT2D eigenvalue weighted by molar-refractivity contribution is 0.0330. The molecule has 0 aliphatic heterocycles. The average molecular weight is 233 g/mol. The fourth-order valence-electron chi connectivity index (χ4n) is 1.51. The molecule has 2 rings (SSSR count). The number of nitrogens with one attached hydrogen (secondary N) is 1. The van der Waals surface area contributed by atoms with Crippen molar-refractivity contribution in [3.05, 3.63) is 23.9 Å². The molecule has 1 aromatic heterocycles. The summed E-state index contributed by atoms with van der Waals surface area (Å²) in [5.41, 5.74) is 7.34. The first-order valence-electron chi connectivity index (χ1n) is 5.56. The first-order valence-corrected chi connectivity index (χ1v) is 5.56. The van der Waals surface area contributed by atoms with Crippen LogP contribution in [-0.4, -0.2) is 22.3 Å². The van der Waals surface area contributed by atoms with E-state index in [-0.39, 0.29) is 11.8 Å². The smallest absolute Gasteiger partial charge is 0.359 e. The molecular weight excluding hydrogens is 218 g/mol. The van der Waals surface area contributed by atoms with Gasteiger partial charge in [-0.1, -0.05) is 6.92 Å². The van der Waals surface area contributed by atoms with Crippen LogP contribution in [0.2, 0.25) is 0 Å². The summed E-state index contributed by atoms with van der Waals surface area (Å²) in [6, 6.07) is 5.26. The molecule has 0 radical (unpaired) electrons. The summed E-state index contributed by atoms with van der Waals surface area (Å²) in [4.78, 5) is 11.9. The number of aromatic amines is 1. The van der Waals surface area contributed by atoms with E-state index >= 15 is 0 Å². The van der Waals surface area contributed by atoms with E-state index in [9.17, 15) is 4.79 Å². The van der Waals surface area contributed by atoms with Gasteiger partial charge in [0.2, 0.25) is 0 Å². The highest BCUT2D eigenvalue weighted by Gasteiger charge is 2.17. The van der Waals surface area contributed by atoms with Crippen LogP contribution >= 0.6 is 0 Å². The molecule has 90 valence electrons. The molecule has 1 aromatic carbocycles. The van der Waals surface area contributed by atoms with Crippen LogP contribution in [0.4, 0.5) is 5.69 Å². The minimum Gasteiger partial charge on any atom is -0.458 e. The summed E-state index contributed by atoms with van der Waals surface area (Å²) in [5.74, 6) is -0.420. The number of carbonyl (C=O) groups is 1. The molecule has 17 heavy (non-hydrogen) atoms. The summed E-state index contributed by atoms with van der Waals surface area (Å²) in [7, 11) is 0. The van der Waals surface area contributed by atoms with E-state index in [1.807, 2.05) is 13.8 Å². The first kappa shape index (κ1) is 11.4. The van der Waals surface area contributed by atoms with Crippen LogP contribution in [0.1, 0.15) is 30.8 Å². The molecule has 0 bridgehead atoms. The van der Waals surface area contributed by atoms with Crippen molar-refractivity contribution in [3.63, 3.8) is 0 Å². The van der Waals surface area contributed by atoms with E-state index in [4.69, 9.17) is 10.5 Å². The average Bonchev–Trinajstić information content (AvgIpc) is 2.71. The molecule has 0 amide bonds. The highest BCUT2D eigenvalue weighted by atomic mass is 16.5. The van der Waals surface area contributed by atoms with Gasteiger partial charge >= 0.3 is 5.97 Å². The van der Waals surface area contributed by atoms with Gasteiger partial charge in [-0.05, 0) is 31.5 Å². The largest absolute Gasteiger partial charge is 0.458 e. The molecule has 1 unspecified atom stereocenters. The zero-order valence-corrected chi connectivity index (χ0v) is 9.86. The molecule has 3 N–H and O–H groups in total. The number of nitrogens with zero attached hydrogens (tertiary/aromatic N) is 1. The number of nitrogen functional groups attached to an aromatic ring is 1. The predicted octanol–water partition coefficient (Wildman–Crippen LogP) is 2.10. The monoisotopic (exact) mass is 233 g/mol. The van der Waals surface area contributed by atoms with Crippen molar-refractivity contribution in [1.29, 1.82) is 0 Å². The number of hydrogen-bond donors (Lipinski definition) is 2. The van der Waals surface area contributed by atoms with Gasteiger partial charge in [-0.3, -0.25) is 5.10 Å². The predicted molar refractivity (Wildman–Crippen MR) is 65.7 cm³/mol. The zero-order valence-electron chi connectivity index (χ0n) is 9.86. The third-order valence-electron chi connectivity index (χ3n) is 2.66. The van der Waals surface area contributed by atoms with E-state index < -0.39 is 5.97 Å². The summed E-state index contributed by atoms with van der Waals surface area (Å²) in [6.07, 6.45) is 0.659. The normalized spacial score (nSPS) is 12.6. The standard InChI is InChI=1S/C12H15N3O2/c1-3-7(2)17-12(16)11-9-6-8(13)4-5-10(9)14-15-11/h4-7H,3,13H2,1-2H3,(H,14,15). The Morgan fingerprint density at radius 1 is 1.59 bits per heavy atom. The van der Waals surface area contributed by atoms with Gasteiger partial charge in [0, 0.05) is 11.1 Å². The van der Waals surface area contributed by atoms with Gasteiger partial charge in [0.25, 0.3) is 0 Å². The highest BCUT2D eigenvalue weighted by molar-refractivity contribution is 6.02. The number of rotatable bonds is 3. The number of benzene rings is 1. The van der Waals surface area contributed by atoms with Gasteiger partial charge in [-0.15, -0.1) is 0 Å². The molecule has 0 saturated carbocycles. The van der Waals surface area contributed by atoms with Crippen molar-refractivity contribution >= 4 is 22.6 Å². The van der Waals surface area contributed by atoms with Crippen molar-refractivity contribution < 1.29 is 9.53 Å². The number of H-pyrrole nitrogens is 1. The molecule has 0 aliphatic rings. The maximum atomic E-state index is 11.9. The Labute approximate surface area is 98.9 Å². The molecule has 1 atom stereocenters. The van der Waals surface area contributed by atoms with Gasteiger partial charge in [-0.25, -0.2) is 4.79 Å². The van der Waals surface area contributed by atoms with Gasteiger partial charge in [0.05, 0.1) is 11.6 Å². The second-order valence-electron chi connectivity index (χ2n) is 4.00. The molecule has 0 saturated heterocycles. The fourth-order valence-corrected chi connectivity index (χ4v) is 1.51. The minimum absolute atomic E-state index is 0.115. The lowest BCUT2D eigenvalue weighted by Gasteiger charge is -2.09. The number of esters is 1. The van der Waals surface area contributed by atoms with Crippen LogP contribution in [-0.2, 0) is 4.74 Å². The molecule has 0 aliphatic carbocycles. The van der Waals surface area contributed by atoms with Crippen LogP contribution in [0.15, 0.2) is 18.2 Å². The van der Waals surface area contributed by atoms with E-state index in [0.717, 1.165) is 11.9 Å². The molecule has 0 spiro atoms. The molecule has 5 heteroatoms. The lowest BCUT2D eigenvalue weighted by Crippen LogP contribution is -2.14. The SMILES string of the molecule is CCC(C)OC(=O)c1n[nH]c2ccc(N)cc12. The van der Waals surface area contributed by atoms with Crippen LogP contribution in [0.3, 0.4) is 0 Å². The number of nitrogens with two attached hydrogens (primary N) is 1. The number of fused-ring (bicyclic) bond motifs is 1. The third-order valence-corrected chi connectivity index (χ3v) is 2.66. The number of hydrogen-bond acceptors (Lipinski definition) is 4. The second-order valence-corrected chi connectivity index (χ2v) is 4.00. The maximum Gasteiger partial charge on any atom is 0.359 e. The third kappa shape index (κ3) is 2.22. The molecule has 2 aromatic rings. The minimum atomic E-state index is -0.420. The summed E-state index contributed by atoms with van der Waals surface area (Å²) in [6.45, 7) is 3.81. The maximum absolute atomic E-state index is 11.9. The Balaban J connectivity index is 2.35. The van der Waals surface area contributed by atoms with Gasteiger partial charge in [0.1, 0.15) is 0 Å². The van der Waals surface area contributed by atoms with E-state index in [2.05, 4.69) is 10.2 Å².